The van der Waals surface area contributed by atoms with Gasteiger partial charge in [-0.15, -0.1) is 0 Å². The van der Waals surface area contributed by atoms with Gasteiger partial charge in [-0.25, -0.2) is 12.4 Å². The number of Topliss-reactive ketones (excluding diaryl/α,β-unsaturated/α-hetero) is 1. The Hall–Kier alpha value is -3.57. The van der Waals surface area contributed by atoms with Crippen LogP contribution in [0.15, 0.2) is 65.2 Å². The zero-order valence-corrected chi connectivity index (χ0v) is 19.6. The third-order valence-corrected chi connectivity index (χ3v) is 7.20. The number of carbonyl (C=O) groups excluding carboxylic acids is 1. The molecule has 1 aromatic heterocycles. The third kappa shape index (κ3) is 4.64. The van der Waals surface area contributed by atoms with Gasteiger partial charge in [-0.1, -0.05) is 17.7 Å². The molecule has 0 N–H and O–H groups in total. The topological polar surface area (TPSA) is 92.4 Å². The van der Waals surface area contributed by atoms with Gasteiger partial charge in [-0.3, -0.25) is 4.79 Å². The smallest absolute Gasteiger partial charge is 0.268 e. The number of hydrogen-bond donors (Lipinski definition) is 0. The molecule has 0 unspecified atom stereocenters. The van der Waals surface area contributed by atoms with E-state index in [1.807, 2.05) is 13.0 Å². The fraction of sp³-hybridized carbons (Fsp3) is 0.280. The quantitative estimate of drug-likeness (QED) is 0.283. The first kappa shape index (κ1) is 22.6. The molecule has 170 valence electrons. The number of carbonyl (C=O) groups is 1. The van der Waals surface area contributed by atoms with Gasteiger partial charge >= 0.3 is 0 Å². The summed E-state index contributed by atoms with van der Waals surface area (Å²) in [6, 6.07) is 14.9. The first-order valence-corrected chi connectivity index (χ1v) is 12.1. The van der Waals surface area contributed by atoms with Gasteiger partial charge in [-0.05, 0) is 62.1 Å². The lowest BCUT2D eigenvalue weighted by atomic mass is 10.1. The Labute approximate surface area is 193 Å². The molecule has 8 heteroatoms. The highest BCUT2D eigenvalue weighted by Gasteiger charge is 2.28. The number of ether oxygens (including phenoxy) is 1. The summed E-state index contributed by atoms with van der Waals surface area (Å²) >= 11 is 0. The minimum atomic E-state index is -4.11. The Morgan fingerprint density at radius 3 is 2.48 bits per heavy atom. The molecule has 7 nitrogen and oxygen atoms in total. The molecule has 0 radical (unpaired) electrons. The molecule has 33 heavy (non-hydrogen) atoms. The predicted molar refractivity (Wildman–Crippen MR) is 126 cm³/mol. The van der Waals surface area contributed by atoms with E-state index in [0.29, 0.717) is 29.2 Å². The molecule has 0 spiro atoms. The maximum absolute atomic E-state index is 13.7. The van der Waals surface area contributed by atoms with E-state index in [-0.39, 0.29) is 16.2 Å². The van der Waals surface area contributed by atoms with Crippen molar-refractivity contribution < 1.29 is 17.9 Å². The lowest BCUT2D eigenvalue weighted by Gasteiger charge is -2.12. The molecule has 0 amide bonds. The van der Waals surface area contributed by atoms with Crippen LogP contribution in [0.25, 0.3) is 10.9 Å². The number of rotatable bonds is 8. The number of aryl methyl sites for hydroxylation is 1. The lowest BCUT2D eigenvalue weighted by molar-refractivity contribution is 0.103. The monoisotopic (exact) mass is 463 g/mol. The number of benzene rings is 2. The van der Waals surface area contributed by atoms with Crippen molar-refractivity contribution in [2.75, 3.05) is 20.7 Å². The van der Waals surface area contributed by atoms with Crippen LogP contribution in [0.2, 0.25) is 0 Å². The minimum Gasteiger partial charge on any atom is -0.493 e. The second kappa shape index (κ2) is 8.75. The summed E-state index contributed by atoms with van der Waals surface area (Å²) in [4.78, 5) is 14.9. The molecular formula is C25H25N3O4S. The van der Waals surface area contributed by atoms with E-state index in [9.17, 15) is 18.5 Å². The second-order valence-corrected chi connectivity index (χ2v) is 10.3. The fourth-order valence-corrected chi connectivity index (χ4v) is 5.03. The SMILES string of the molecule is Cc1ccc(S(=O)(=O)n2c(C(=O)/C(C#N)=C/N(C)C)cc3cc(OCC4CC4)ccc32)cc1. The molecule has 1 aliphatic rings. The predicted octanol–water partition coefficient (Wildman–Crippen LogP) is 4.13. The summed E-state index contributed by atoms with van der Waals surface area (Å²) in [7, 11) is -0.734. The zero-order chi connectivity index (χ0) is 23.8. The lowest BCUT2D eigenvalue weighted by Crippen LogP contribution is -2.20. The molecule has 0 aliphatic heterocycles. The standard InChI is InChI=1S/C25H25N3O4S/c1-17-4-9-22(10-5-17)33(30,31)28-23-11-8-21(32-16-18-6-7-18)12-19(23)13-24(28)25(29)20(14-26)15-27(2)3/h4-5,8-13,15,18H,6-7,16H2,1-3H3/b20-15+. The van der Waals surface area contributed by atoms with E-state index < -0.39 is 15.8 Å². The number of nitrogens with zero attached hydrogens (tertiary/aromatic N) is 3. The summed E-state index contributed by atoms with van der Waals surface area (Å²) in [6.45, 7) is 2.48. The number of allylic oxidation sites excluding steroid dienone is 1. The van der Waals surface area contributed by atoms with E-state index in [0.717, 1.165) is 22.4 Å². The van der Waals surface area contributed by atoms with Gasteiger partial charge in [0.1, 0.15) is 23.1 Å². The largest absolute Gasteiger partial charge is 0.493 e. The van der Waals surface area contributed by atoms with E-state index in [1.165, 1.54) is 24.4 Å². The molecular weight excluding hydrogens is 438 g/mol. The second-order valence-electron chi connectivity index (χ2n) is 8.53. The van der Waals surface area contributed by atoms with Crippen LogP contribution in [0, 0.1) is 24.2 Å². The van der Waals surface area contributed by atoms with Gasteiger partial charge in [0.15, 0.2) is 0 Å². The number of fused-ring (bicyclic) bond motifs is 1. The van der Waals surface area contributed by atoms with Crippen LogP contribution in [0.1, 0.15) is 28.9 Å². The summed E-state index contributed by atoms with van der Waals surface area (Å²) in [5, 5.41) is 10.1. The highest BCUT2D eigenvalue weighted by Crippen LogP contribution is 2.32. The van der Waals surface area contributed by atoms with E-state index in [2.05, 4.69) is 0 Å². The Morgan fingerprint density at radius 1 is 1.18 bits per heavy atom. The molecule has 1 aliphatic carbocycles. The summed E-state index contributed by atoms with van der Waals surface area (Å²) in [5.41, 5.74) is 1.01. The van der Waals surface area contributed by atoms with Crippen LogP contribution in [0.5, 0.6) is 5.75 Å². The van der Waals surface area contributed by atoms with Crippen LogP contribution >= 0.6 is 0 Å². The number of hydrogen-bond acceptors (Lipinski definition) is 6. The molecule has 1 fully saturated rings. The number of nitriles is 1. The molecule has 3 aromatic rings. The molecule has 1 saturated carbocycles. The van der Waals surface area contributed by atoms with Crippen molar-refractivity contribution in [2.24, 2.45) is 5.92 Å². The first-order valence-electron chi connectivity index (χ1n) is 10.6. The maximum atomic E-state index is 13.7. The van der Waals surface area contributed by atoms with E-state index in [4.69, 9.17) is 4.74 Å². The third-order valence-electron chi connectivity index (χ3n) is 5.46. The zero-order valence-electron chi connectivity index (χ0n) is 18.8. The van der Waals surface area contributed by atoms with Crippen molar-refractivity contribution in [1.29, 1.82) is 5.26 Å². The Kier molecular flexibility index (Phi) is 6.00. The van der Waals surface area contributed by atoms with Gasteiger partial charge in [0, 0.05) is 25.7 Å². The van der Waals surface area contributed by atoms with Gasteiger partial charge in [0.2, 0.25) is 5.78 Å². The molecule has 0 atom stereocenters. The molecule has 4 rings (SSSR count). The van der Waals surface area contributed by atoms with E-state index >= 15 is 0 Å². The average Bonchev–Trinajstić information content (AvgIpc) is 3.53. The highest BCUT2D eigenvalue weighted by molar-refractivity contribution is 7.90. The van der Waals surface area contributed by atoms with E-state index in [1.54, 1.807) is 49.3 Å². The first-order chi connectivity index (χ1) is 15.7. The Bertz CT molecular complexity index is 1390. The van der Waals surface area contributed by atoms with Gasteiger partial charge < -0.3 is 9.64 Å². The molecule has 2 aromatic carbocycles. The summed E-state index contributed by atoms with van der Waals surface area (Å²) < 4.78 is 34.2. The van der Waals surface area contributed by atoms with Gasteiger partial charge in [0.25, 0.3) is 10.0 Å². The Balaban J connectivity index is 1.89. The van der Waals surface area contributed by atoms with Crippen LogP contribution in [-0.4, -0.2) is 43.8 Å². The van der Waals surface area contributed by atoms with Gasteiger partial charge in [-0.2, -0.15) is 5.26 Å². The van der Waals surface area contributed by atoms with Crippen molar-refractivity contribution in [3.63, 3.8) is 0 Å². The minimum absolute atomic E-state index is 0.0591. The number of ketones is 1. The molecule has 1 heterocycles. The van der Waals surface area contributed by atoms with Gasteiger partial charge in [0.05, 0.1) is 17.0 Å². The van der Waals surface area contributed by atoms with Crippen molar-refractivity contribution in [1.82, 2.24) is 8.87 Å². The van der Waals surface area contributed by atoms with Crippen molar-refractivity contribution in [2.45, 2.75) is 24.7 Å². The van der Waals surface area contributed by atoms with Crippen molar-refractivity contribution in [3.8, 4) is 11.8 Å². The number of aromatic nitrogens is 1. The van der Waals surface area contributed by atoms with Crippen molar-refractivity contribution >= 4 is 26.7 Å². The van der Waals surface area contributed by atoms with Crippen LogP contribution in [0.3, 0.4) is 0 Å². The summed E-state index contributed by atoms with van der Waals surface area (Å²) in [5.74, 6) is 0.514. The molecule has 0 bridgehead atoms. The average molecular weight is 464 g/mol. The van der Waals surface area contributed by atoms with Crippen LogP contribution in [-0.2, 0) is 10.0 Å². The Morgan fingerprint density at radius 2 is 1.88 bits per heavy atom. The van der Waals surface area contributed by atoms with Crippen molar-refractivity contribution in [3.05, 3.63) is 71.6 Å². The van der Waals surface area contributed by atoms with Crippen LogP contribution < -0.4 is 4.74 Å². The fourth-order valence-electron chi connectivity index (χ4n) is 3.52. The molecule has 0 saturated heterocycles. The normalized spacial score (nSPS) is 14.2. The maximum Gasteiger partial charge on any atom is 0.268 e. The summed E-state index contributed by atoms with van der Waals surface area (Å²) in [6.07, 6.45) is 3.69. The van der Waals surface area contributed by atoms with Crippen LogP contribution in [0.4, 0.5) is 0 Å². The highest BCUT2D eigenvalue weighted by atomic mass is 32.2.